The van der Waals surface area contributed by atoms with Gasteiger partial charge < -0.3 is 5.11 Å². The molecule has 1 heterocycles. The van der Waals surface area contributed by atoms with Gasteiger partial charge in [0.2, 0.25) is 10.0 Å². The lowest BCUT2D eigenvalue weighted by Gasteiger charge is -2.07. The third-order valence-electron chi connectivity index (χ3n) is 1.49. The van der Waals surface area contributed by atoms with E-state index in [9.17, 15) is 8.42 Å². The van der Waals surface area contributed by atoms with Crippen molar-refractivity contribution < 1.29 is 13.5 Å². The number of hydrogen-bond donors (Lipinski definition) is 2. The molecule has 0 aliphatic carbocycles. The van der Waals surface area contributed by atoms with E-state index in [0.29, 0.717) is 4.88 Å². The summed E-state index contributed by atoms with van der Waals surface area (Å²) in [6, 6.07) is 1.35. The largest absolute Gasteiger partial charge is 0.391 e. The van der Waals surface area contributed by atoms with Gasteiger partial charge >= 0.3 is 0 Å². The summed E-state index contributed by atoms with van der Waals surface area (Å²) in [4.78, 5) is 0.870. The summed E-state index contributed by atoms with van der Waals surface area (Å²) in [7, 11) is -3.40. The summed E-state index contributed by atoms with van der Waals surface area (Å²) in [6.07, 6.45) is 0. The molecule has 0 bridgehead atoms. The fourth-order valence-electron chi connectivity index (χ4n) is 0.963. The van der Waals surface area contributed by atoms with E-state index >= 15 is 0 Å². The zero-order chi connectivity index (χ0) is 10.8. The van der Waals surface area contributed by atoms with Gasteiger partial charge in [0.25, 0.3) is 0 Å². The van der Waals surface area contributed by atoms with E-state index in [4.69, 9.17) is 5.11 Å². The van der Waals surface area contributed by atoms with Gasteiger partial charge in [-0.2, -0.15) is 0 Å². The van der Waals surface area contributed by atoms with Gasteiger partial charge in [0.15, 0.2) is 0 Å². The van der Waals surface area contributed by atoms with Crippen molar-refractivity contribution in [3.8, 4) is 0 Å². The van der Waals surface area contributed by atoms with Crippen molar-refractivity contribution in [1.82, 2.24) is 4.72 Å². The van der Waals surface area contributed by atoms with E-state index in [0.717, 1.165) is 0 Å². The molecule has 0 aliphatic heterocycles. The molecule has 0 aromatic carbocycles. The van der Waals surface area contributed by atoms with Crippen LogP contribution in [0.5, 0.6) is 0 Å². The van der Waals surface area contributed by atoms with Crippen LogP contribution in [0.2, 0.25) is 0 Å². The summed E-state index contributed by atoms with van der Waals surface area (Å²) < 4.78 is 25.6. The minimum absolute atomic E-state index is 0.123. The first kappa shape index (κ1) is 11.6. The Bertz CT molecular complexity index is 394. The average Bonchev–Trinajstić information content (AvgIpc) is 2.49. The van der Waals surface area contributed by atoms with Crippen LogP contribution in [-0.2, 0) is 16.6 Å². The first-order chi connectivity index (χ1) is 6.45. The molecule has 6 heteroatoms. The van der Waals surface area contributed by atoms with Crippen LogP contribution in [-0.4, -0.2) is 19.6 Å². The van der Waals surface area contributed by atoms with Crippen molar-refractivity contribution >= 4 is 21.4 Å². The molecule has 2 N–H and O–H groups in total. The Morgan fingerprint density at radius 2 is 2.21 bits per heavy atom. The highest BCUT2D eigenvalue weighted by molar-refractivity contribution is 7.89. The lowest BCUT2D eigenvalue weighted by Crippen LogP contribution is -2.29. The molecular weight excluding hydrogens is 222 g/mol. The van der Waals surface area contributed by atoms with Gasteiger partial charge in [-0.15, -0.1) is 11.3 Å². The molecule has 0 unspecified atom stereocenters. The van der Waals surface area contributed by atoms with Crippen LogP contribution in [0, 0.1) is 0 Å². The predicted molar refractivity (Wildman–Crippen MR) is 55.7 cm³/mol. The molecule has 0 aliphatic rings. The van der Waals surface area contributed by atoms with E-state index in [2.05, 4.69) is 4.72 Å². The zero-order valence-electron chi connectivity index (χ0n) is 8.02. The van der Waals surface area contributed by atoms with Gasteiger partial charge in [-0.3, -0.25) is 0 Å². The van der Waals surface area contributed by atoms with Gasteiger partial charge in [0, 0.05) is 16.3 Å². The fourth-order valence-corrected chi connectivity index (χ4v) is 3.35. The molecule has 0 amide bonds. The lowest BCUT2D eigenvalue weighted by molar-refractivity contribution is 0.285. The number of aliphatic hydroxyl groups is 1. The second-order valence-corrected chi connectivity index (χ2v) is 5.89. The van der Waals surface area contributed by atoms with Crippen molar-refractivity contribution in [1.29, 1.82) is 0 Å². The molecule has 0 spiro atoms. The second kappa shape index (κ2) is 4.39. The first-order valence-electron chi connectivity index (χ1n) is 4.16. The summed E-state index contributed by atoms with van der Waals surface area (Å²) in [5.41, 5.74) is 0. The molecule has 1 rings (SSSR count). The highest BCUT2D eigenvalue weighted by atomic mass is 32.2. The number of thiophene rings is 1. The third-order valence-corrected chi connectivity index (χ3v) is 4.20. The first-order valence-corrected chi connectivity index (χ1v) is 6.52. The van der Waals surface area contributed by atoms with Crippen molar-refractivity contribution in [2.45, 2.75) is 31.4 Å². The summed E-state index contributed by atoms with van der Waals surface area (Å²) in [5, 5.41) is 10.3. The van der Waals surface area contributed by atoms with Crippen molar-refractivity contribution in [3.63, 3.8) is 0 Å². The normalized spacial score (nSPS) is 12.3. The molecule has 14 heavy (non-hydrogen) atoms. The molecule has 80 valence electrons. The highest BCUT2D eigenvalue weighted by Gasteiger charge is 2.16. The number of hydrogen-bond acceptors (Lipinski definition) is 4. The number of sulfonamides is 1. The van der Waals surface area contributed by atoms with E-state index in [1.165, 1.54) is 22.8 Å². The molecule has 4 nitrogen and oxygen atoms in total. The highest BCUT2D eigenvalue weighted by Crippen LogP contribution is 2.19. The van der Waals surface area contributed by atoms with Crippen LogP contribution < -0.4 is 4.72 Å². The van der Waals surface area contributed by atoms with Crippen molar-refractivity contribution in [2.24, 2.45) is 0 Å². The third kappa shape index (κ3) is 2.78. The van der Waals surface area contributed by atoms with E-state index < -0.39 is 10.0 Å². The van der Waals surface area contributed by atoms with Gasteiger partial charge in [-0.25, -0.2) is 13.1 Å². The Kier molecular flexibility index (Phi) is 3.65. The molecular formula is C8H13NO3S2. The topological polar surface area (TPSA) is 66.4 Å². The van der Waals surface area contributed by atoms with Crippen LogP contribution in [0.1, 0.15) is 18.7 Å². The van der Waals surface area contributed by atoms with Crippen LogP contribution in [0.25, 0.3) is 0 Å². The van der Waals surface area contributed by atoms with Gasteiger partial charge in [-0.1, -0.05) is 0 Å². The average molecular weight is 235 g/mol. The van der Waals surface area contributed by atoms with Crippen LogP contribution >= 0.6 is 11.3 Å². The van der Waals surface area contributed by atoms with Crippen LogP contribution in [0.3, 0.4) is 0 Å². The Hall–Kier alpha value is -0.430. The zero-order valence-corrected chi connectivity index (χ0v) is 9.65. The molecule has 0 saturated carbocycles. The Morgan fingerprint density at radius 3 is 2.64 bits per heavy atom. The summed E-state index contributed by atoms with van der Waals surface area (Å²) in [6.45, 7) is 3.40. The van der Waals surface area contributed by atoms with Crippen molar-refractivity contribution in [3.05, 3.63) is 16.3 Å². The van der Waals surface area contributed by atoms with Crippen LogP contribution in [0.15, 0.2) is 16.3 Å². The minimum Gasteiger partial charge on any atom is -0.391 e. The smallest absolute Gasteiger partial charge is 0.241 e. The fraction of sp³-hybridized carbons (Fsp3) is 0.500. The molecule has 0 fully saturated rings. The van der Waals surface area contributed by atoms with Crippen molar-refractivity contribution in [2.75, 3.05) is 0 Å². The maximum Gasteiger partial charge on any atom is 0.241 e. The maximum atomic E-state index is 11.6. The monoisotopic (exact) mass is 235 g/mol. The molecule has 1 aromatic rings. The number of nitrogens with one attached hydrogen (secondary N) is 1. The predicted octanol–water partition coefficient (Wildman–Crippen LogP) is 0.927. The lowest BCUT2D eigenvalue weighted by atomic mass is 10.4. The number of aliphatic hydroxyl groups excluding tert-OH is 1. The summed E-state index contributed by atoms with van der Waals surface area (Å²) in [5.74, 6) is 0. The van der Waals surface area contributed by atoms with E-state index in [1.54, 1.807) is 13.8 Å². The maximum absolute atomic E-state index is 11.6. The molecule has 0 radical (unpaired) electrons. The Labute approximate surface area is 87.6 Å². The van der Waals surface area contributed by atoms with Gasteiger partial charge in [0.05, 0.1) is 11.5 Å². The number of rotatable bonds is 4. The van der Waals surface area contributed by atoms with E-state index in [1.807, 2.05) is 0 Å². The molecule has 1 aromatic heterocycles. The molecule has 0 atom stereocenters. The van der Waals surface area contributed by atoms with Gasteiger partial charge in [-0.05, 0) is 19.9 Å². The SMILES string of the molecule is CC(C)NS(=O)(=O)c1csc(CO)c1. The Balaban J connectivity index is 2.93. The quantitative estimate of drug-likeness (QED) is 0.815. The van der Waals surface area contributed by atoms with E-state index in [-0.39, 0.29) is 17.5 Å². The summed E-state index contributed by atoms with van der Waals surface area (Å²) >= 11 is 1.23. The van der Waals surface area contributed by atoms with Crippen LogP contribution in [0.4, 0.5) is 0 Å². The van der Waals surface area contributed by atoms with Gasteiger partial charge in [0.1, 0.15) is 0 Å². The minimum atomic E-state index is -3.40. The second-order valence-electron chi connectivity index (χ2n) is 3.18. The standard InChI is InChI=1S/C8H13NO3S2/c1-6(2)9-14(11,12)8-3-7(4-10)13-5-8/h3,5-6,9-10H,4H2,1-2H3. The Morgan fingerprint density at radius 1 is 1.57 bits per heavy atom. The molecule has 0 saturated heterocycles.